The first-order chi connectivity index (χ1) is 12.8. The summed E-state index contributed by atoms with van der Waals surface area (Å²) in [5, 5.41) is 7.13. The predicted molar refractivity (Wildman–Crippen MR) is 112 cm³/mol. The van der Waals surface area contributed by atoms with E-state index >= 15 is 0 Å². The van der Waals surface area contributed by atoms with Gasteiger partial charge in [-0.3, -0.25) is 10.3 Å². The van der Waals surface area contributed by atoms with Crippen molar-refractivity contribution in [2.75, 3.05) is 18.5 Å². The normalized spacial score (nSPS) is 11.3. The highest BCUT2D eigenvalue weighted by Gasteiger charge is 2.03. The molecule has 2 aromatic carbocycles. The van der Waals surface area contributed by atoms with E-state index in [0.29, 0.717) is 0 Å². The molecular weight excluding hydrogens is 340 g/mol. The monoisotopic (exact) mass is 364 g/mol. The van der Waals surface area contributed by atoms with Crippen LogP contribution in [0.15, 0.2) is 65.1 Å². The lowest BCUT2D eigenvalue weighted by Crippen LogP contribution is -2.21. The Morgan fingerprint density at radius 2 is 1.77 bits per heavy atom. The Labute approximate surface area is 159 Å². The van der Waals surface area contributed by atoms with Crippen LogP contribution >= 0.6 is 11.3 Å². The molecule has 0 aliphatic carbocycles. The zero-order valence-corrected chi connectivity index (χ0v) is 16.0. The van der Waals surface area contributed by atoms with Crippen molar-refractivity contribution in [1.82, 2.24) is 9.88 Å². The molecule has 0 spiro atoms. The number of benzene rings is 2. The summed E-state index contributed by atoms with van der Waals surface area (Å²) in [6.45, 7) is 7.52. The molecule has 3 aromatic rings. The molecule has 0 aliphatic rings. The molecule has 1 aromatic heterocycles. The third-order valence-corrected chi connectivity index (χ3v) is 4.97. The maximum Gasteiger partial charge on any atom is 0.203 e. The van der Waals surface area contributed by atoms with Crippen LogP contribution in [0.2, 0.25) is 0 Å². The molecule has 0 aliphatic heterocycles. The maximum atomic E-state index is 4.57. The molecule has 1 N–H and O–H groups in total. The smallest absolute Gasteiger partial charge is 0.203 e. The molecule has 0 saturated carbocycles. The number of rotatable bonds is 8. The van der Waals surface area contributed by atoms with Crippen molar-refractivity contribution in [3.8, 4) is 11.3 Å². The fourth-order valence-electron chi connectivity index (χ4n) is 2.64. The van der Waals surface area contributed by atoms with E-state index < -0.39 is 0 Å². The molecule has 5 heteroatoms. The zero-order valence-electron chi connectivity index (χ0n) is 15.2. The van der Waals surface area contributed by atoms with Crippen molar-refractivity contribution in [2.24, 2.45) is 5.10 Å². The average Bonchev–Trinajstić information content (AvgIpc) is 3.17. The van der Waals surface area contributed by atoms with Crippen LogP contribution in [0.4, 0.5) is 5.13 Å². The maximum absolute atomic E-state index is 4.57. The van der Waals surface area contributed by atoms with Crippen molar-refractivity contribution >= 4 is 22.7 Å². The summed E-state index contributed by atoms with van der Waals surface area (Å²) >= 11 is 1.55. The average molecular weight is 365 g/mol. The van der Waals surface area contributed by atoms with Gasteiger partial charge in [-0.25, -0.2) is 4.98 Å². The molecular formula is C21H24N4S. The molecule has 1 heterocycles. The van der Waals surface area contributed by atoms with Crippen LogP contribution in [0.1, 0.15) is 25.0 Å². The van der Waals surface area contributed by atoms with Gasteiger partial charge in [0, 0.05) is 17.5 Å². The SMILES string of the molecule is CCN(CC)Cc1ccc(C=NNc2nc(-c3ccccc3)cs2)cc1. The van der Waals surface area contributed by atoms with Crippen molar-refractivity contribution < 1.29 is 0 Å². The number of nitrogens with zero attached hydrogens (tertiary/aromatic N) is 3. The van der Waals surface area contributed by atoms with Crippen LogP contribution in [0.5, 0.6) is 0 Å². The van der Waals surface area contributed by atoms with Crippen molar-refractivity contribution in [3.63, 3.8) is 0 Å². The minimum absolute atomic E-state index is 0.790. The Morgan fingerprint density at radius 1 is 1.04 bits per heavy atom. The lowest BCUT2D eigenvalue weighted by molar-refractivity contribution is 0.296. The zero-order chi connectivity index (χ0) is 18.2. The van der Waals surface area contributed by atoms with Crippen LogP contribution in [-0.2, 0) is 6.54 Å². The van der Waals surface area contributed by atoms with Gasteiger partial charge < -0.3 is 0 Å². The Bertz CT molecular complexity index is 821. The number of anilines is 1. The van der Waals surface area contributed by atoms with Gasteiger partial charge >= 0.3 is 0 Å². The molecule has 0 amide bonds. The predicted octanol–water partition coefficient (Wildman–Crippen LogP) is 5.10. The highest BCUT2D eigenvalue weighted by molar-refractivity contribution is 7.14. The minimum atomic E-state index is 0.790. The Morgan fingerprint density at radius 3 is 2.46 bits per heavy atom. The second-order valence-corrected chi connectivity index (χ2v) is 6.84. The molecule has 3 rings (SSSR count). The van der Waals surface area contributed by atoms with Crippen molar-refractivity contribution in [3.05, 3.63) is 71.1 Å². The fraction of sp³-hybridized carbons (Fsp3) is 0.238. The van der Waals surface area contributed by atoms with Gasteiger partial charge in [0.05, 0.1) is 11.9 Å². The molecule has 0 radical (unpaired) electrons. The van der Waals surface area contributed by atoms with E-state index in [2.05, 4.69) is 70.7 Å². The number of thiazole rings is 1. The Balaban J connectivity index is 1.56. The molecule has 0 fully saturated rings. The van der Waals surface area contributed by atoms with Crippen molar-refractivity contribution in [1.29, 1.82) is 0 Å². The third kappa shape index (κ3) is 5.00. The van der Waals surface area contributed by atoms with E-state index in [1.54, 1.807) is 11.3 Å². The lowest BCUT2D eigenvalue weighted by atomic mass is 10.1. The first-order valence-corrected chi connectivity index (χ1v) is 9.77. The number of hydrogen-bond donors (Lipinski definition) is 1. The van der Waals surface area contributed by atoms with E-state index in [1.165, 1.54) is 5.56 Å². The van der Waals surface area contributed by atoms with E-state index in [1.807, 2.05) is 29.8 Å². The van der Waals surface area contributed by atoms with Gasteiger partial charge in [-0.15, -0.1) is 11.3 Å². The lowest BCUT2D eigenvalue weighted by Gasteiger charge is -2.17. The van der Waals surface area contributed by atoms with Crippen LogP contribution in [0.3, 0.4) is 0 Å². The molecule has 0 saturated heterocycles. The van der Waals surface area contributed by atoms with Crippen LogP contribution in [0.25, 0.3) is 11.3 Å². The molecule has 4 nitrogen and oxygen atoms in total. The number of nitrogens with one attached hydrogen (secondary N) is 1. The van der Waals surface area contributed by atoms with Crippen molar-refractivity contribution in [2.45, 2.75) is 20.4 Å². The summed E-state index contributed by atoms with van der Waals surface area (Å²) < 4.78 is 0. The second kappa shape index (κ2) is 9.27. The Kier molecular flexibility index (Phi) is 6.52. The summed E-state index contributed by atoms with van der Waals surface area (Å²) in [7, 11) is 0. The Hall–Kier alpha value is -2.50. The summed E-state index contributed by atoms with van der Waals surface area (Å²) in [6.07, 6.45) is 1.82. The van der Waals surface area contributed by atoms with Gasteiger partial charge in [0.25, 0.3) is 0 Å². The standard InChI is InChI=1S/C21H24N4S/c1-3-25(4-2)15-18-12-10-17(11-13-18)14-22-24-21-23-20(16-26-21)19-8-6-5-7-9-19/h5-14,16H,3-4,15H2,1-2H3,(H,23,24). The van der Waals surface area contributed by atoms with Crippen LogP contribution < -0.4 is 5.43 Å². The largest absolute Gasteiger partial charge is 0.300 e. The highest BCUT2D eigenvalue weighted by atomic mass is 32.1. The molecule has 26 heavy (non-hydrogen) atoms. The van der Waals surface area contributed by atoms with E-state index in [0.717, 1.165) is 41.6 Å². The topological polar surface area (TPSA) is 40.5 Å². The van der Waals surface area contributed by atoms with Gasteiger partial charge in [-0.05, 0) is 24.2 Å². The highest BCUT2D eigenvalue weighted by Crippen LogP contribution is 2.24. The van der Waals surface area contributed by atoms with E-state index in [4.69, 9.17) is 0 Å². The first-order valence-electron chi connectivity index (χ1n) is 8.89. The van der Waals surface area contributed by atoms with Gasteiger partial charge in [-0.1, -0.05) is 68.4 Å². The third-order valence-electron chi connectivity index (χ3n) is 4.23. The molecule has 0 unspecified atom stereocenters. The number of hydrogen-bond acceptors (Lipinski definition) is 5. The minimum Gasteiger partial charge on any atom is -0.300 e. The first kappa shape index (κ1) is 18.3. The quantitative estimate of drug-likeness (QED) is 0.447. The van der Waals surface area contributed by atoms with Gasteiger partial charge in [0.15, 0.2) is 0 Å². The summed E-state index contributed by atoms with van der Waals surface area (Å²) in [5.74, 6) is 0. The van der Waals surface area contributed by atoms with Gasteiger partial charge in [-0.2, -0.15) is 5.10 Å². The van der Waals surface area contributed by atoms with Gasteiger partial charge in [0.1, 0.15) is 0 Å². The van der Waals surface area contributed by atoms with E-state index in [9.17, 15) is 0 Å². The second-order valence-electron chi connectivity index (χ2n) is 5.98. The fourth-order valence-corrected chi connectivity index (χ4v) is 3.31. The van der Waals surface area contributed by atoms with Gasteiger partial charge in [0.2, 0.25) is 5.13 Å². The summed E-state index contributed by atoms with van der Waals surface area (Å²) in [6, 6.07) is 18.7. The molecule has 0 atom stereocenters. The summed E-state index contributed by atoms with van der Waals surface area (Å²) in [5.41, 5.74) is 7.49. The summed E-state index contributed by atoms with van der Waals surface area (Å²) in [4.78, 5) is 6.97. The number of aromatic nitrogens is 1. The van der Waals surface area contributed by atoms with E-state index in [-0.39, 0.29) is 0 Å². The molecule has 0 bridgehead atoms. The van der Waals surface area contributed by atoms with Crippen LogP contribution in [-0.4, -0.2) is 29.2 Å². The molecule has 134 valence electrons. The number of hydrazone groups is 1. The van der Waals surface area contributed by atoms with Crippen LogP contribution in [0, 0.1) is 0 Å².